The Labute approximate surface area is 46.7 Å². The third-order valence-corrected chi connectivity index (χ3v) is 0.267. The Morgan fingerprint density at radius 3 is 1.89 bits per heavy atom. The summed E-state index contributed by atoms with van der Waals surface area (Å²) in [4.78, 5) is 11.6. The number of hydrogen-bond acceptors (Lipinski definition) is 3. The van der Waals surface area contributed by atoms with Gasteiger partial charge in [-0.05, 0) is 0 Å². The summed E-state index contributed by atoms with van der Waals surface area (Å²) in [6.07, 6.45) is -7.47. The fourth-order valence-electron chi connectivity index (χ4n) is 0.112. The second-order valence-corrected chi connectivity index (χ2v) is 0.881. The van der Waals surface area contributed by atoms with Gasteiger partial charge in [-0.2, -0.15) is 0 Å². The Hall–Kier alpha value is -0.980. The molecule has 0 rings (SSSR count). The first-order valence-corrected chi connectivity index (χ1v) is 1.55. The molecular weight excluding hydrogens is 145 g/mol. The first-order valence-electron chi connectivity index (χ1n) is 1.55. The summed E-state index contributed by atoms with van der Waals surface area (Å²) in [5, 5.41) is 8.83. The van der Waals surface area contributed by atoms with Crippen LogP contribution in [0.5, 0.6) is 0 Å². The van der Waals surface area contributed by atoms with E-state index in [0.29, 0.717) is 0 Å². The lowest BCUT2D eigenvalue weighted by Gasteiger charge is -2.01. The predicted octanol–water partition coefficient (Wildman–Crippen LogP) is 1.00. The summed E-state index contributed by atoms with van der Waals surface area (Å²) >= 11 is 0. The van der Waals surface area contributed by atoms with Crippen LogP contribution in [0.1, 0.15) is 0 Å². The molecule has 0 aromatic rings. The normalized spacial score (nSPS) is 10.7. The molecule has 0 fully saturated rings. The van der Waals surface area contributed by atoms with Crippen LogP contribution in [-0.4, -0.2) is 12.5 Å². The van der Waals surface area contributed by atoms with Crippen LogP contribution in [0, 0.1) is 0 Å². The molecule has 4 nitrogen and oxygen atoms in total. The molecule has 0 aliphatic heterocycles. The largest absolute Gasteiger partial charge is 0.577 e. The molecule has 0 saturated carbocycles. The number of alkyl halides is 3. The van der Waals surface area contributed by atoms with Gasteiger partial charge in [-0.15, -0.1) is 13.2 Å². The summed E-state index contributed by atoms with van der Waals surface area (Å²) in [6.45, 7) is 0. The highest BCUT2D eigenvalue weighted by Gasteiger charge is 2.35. The number of halogens is 3. The second-order valence-electron chi connectivity index (χ2n) is 0.881. The van der Waals surface area contributed by atoms with Gasteiger partial charge in [-0.3, -0.25) is 0 Å². The van der Waals surface area contributed by atoms with Gasteiger partial charge < -0.3 is 4.74 Å². The van der Waals surface area contributed by atoms with Crippen LogP contribution in [0.25, 0.3) is 0 Å². The van der Waals surface area contributed by atoms with Crippen molar-refractivity contribution in [2.45, 2.75) is 6.36 Å². The third kappa shape index (κ3) is 4.88. The van der Waals surface area contributed by atoms with E-state index >= 15 is 0 Å². The summed E-state index contributed by atoms with van der Waals surface area (Å²) in [5.74, 6) is 0. The van der Waals surface area contributed by atoms with Gasteiger partial charge in [0.05, 0.1) is 0 Å². The van der Waals surface area contributed by atoms with Gasteiger partial charge in [0.1, 0.15) is 0 Å². The molecule has 0 amide bonds. The SMILES string of the molecule is [O]OC(=O)OC(F)(F)F. The zero-order chi connectivity index (χ0) is 7.49. The highest BCUT2D eigenvalue weighted by Crippen LogP contribution is 2.16. The van der Waals surface area contributed by atoms with Crippen LogP contribution in [-0.2, 0) is 14.9 Å². The van der Waals surface area contributed by atoms with Crippen molar-refractivity contribution < 1.29 is 32.8 Å². The van der Waals surface area contributed by atoms with Crippen molar-refractivity contribution in [2.24, 2.45) is 0 Å². The van der Waals surface area contributed by atoms with Gasteiger partial charge in [-0.25, -0.2) is 9.68 Å². The fraction of sp³-hybridized carbons (Fsp3) is 0.500. The van der Waals surface area contributed by atoms with Crippen molar-refractivity contribution in [1.29, 1.82) is 0 Å². The van der Waals surface area contributed by atoms with E-state index in [0.717, 1.165) is 0 Å². The molecule has 53 valence electrons. The van der Waals surface area contributed by atoms with Gasteiger partial charge in [-0.1, -0.05) is 0 Å². The van der Waals surface area contributed by atoms with Crippen LogP contribution in [0.3, 0.4) is 0 Å². The minimum absolute atomic E-state index is 2.30. The van der Waals surface area contributed by atoms with Gasteiger partial charge in [0.25, 0.3) is 0 Å². The number of ether oxygens (including phenoxy) is 1. The fourth-order valence-corrected chi connectivity index (χ4v) is 0.112. The molecular formula is C2F3O4. The van der Waals surface area contributed by atoms with Gasteiger partial charge in [0.2, 0.25) is 0 Å². The maximum absolute atomic E-state index is 10.8. The number of rotatable bonds is 0. The summed E-state index contributed by atoms with van der Waals surface area (Å²) in [7, 11) is 0. The molecule has 9 heavy (non-hydrogen) atoms. The van der Waals surface area contributed by atoms with E-state index in [1.54, 1.807) is 0 Å². The molecule has 0 N–H and O–H groups in total. The first-order chi connectivity index (χ1) is 3.95. The number of carbonyl (C=O) groups excluding carboxylic acids is 1. The Bertz CT molecular complexity index is 107. The quantitative estimate of drug-likeness (QED) is 0.290. The second kappa shape index (κ2) is 2.53. The molecule has 0 aliphatic rings. The molecule has 1 radical (unpaired) electrons. The van der Waals surface area contributed by atoms with Crippen LogP contribution >= 0.6 is 0 Å². The topological polar surface area (TPSA) is 55.4 Å². The van der Waals surface area contributed by atoms with Gasteiger partial charge >= 0.3 is 12.5 Å². The van der Waals surface area contributed by atoms with Crippen molar-refractivity contribution in [3.63, 3.8) is 0 Å². The van der Waals surface area contributed by atoms with E-state index in [1.165, 1.54) is 0 Å². The average molecular weight is 145 g/mol. The maximum Gasteiger partial charge on any atom is 0.577 e. The molecule has 0 aromatic heterocycles. The molecule has 0 heterocycles. The smallest absolute Gasteiger partial charge is 0.338 e. The van der Waals surface area contributed by atoms with E-state index in [4.69, 9.17) is 5.26 Å². The molecule has 0 unspecified atom stereocenters. The predicted molar refractivity (Wildman–Crippen MR) is 14.3 cm³/mol. The molecule has 0 saturated heterocycles. The minimum Gasteiger partial charge on any atom is -0.338 e. The van der Waals surface area contributed by atoms with E-state index in [1.807, 2.05) is 0 Å². The van der Waals surface area contributed by atoms with Crippen molar-refractivity contribution in [3.8, 4) is 0 Å². The van der Waals surface area contributed by atoms with Crippen LogP contribution in [0.15, 0.2) is 0 Å². The maximum atomic E-state index is 10.8. The number of carbonyl (C=O) groups is 1. The zero-order valence-electron chi connectivity index (χ0n) is 3.77. The molecule has 0 aromatic carbocycles. The Balaban J connectivity index is 3.60. The number of hydrogen-bond donors (Lipinski definition) is 0. The van der Waals surface area contributed by atoms with Crippen molar-refractivity contribution in [2.75, 3.05) is 0 Å². The molecule has 0 atom stereocenters. The Morgan fingerprint density at radius 2 is 1.78 bits per heavy atom. The van der Waals surface area contributed by atoms with E-state index in [2.05, 4.69) is 9.62 Å². The first kappa shape index (κ1) is 8.02. The van der Waals surface area contributed by atoms with Crippen LogP contribution < -0.4 is 0 Å². The van der Waals surface area contributed by atoms with E-state index in [9.17, 15) is 18.0 Å². The lowest BCUT2D eigenvalue weighted by molar-refractivity contribution is -0.336. The van der Waals surface area contributed by atoms with Gasteiger partial charge in [0, 0.05) is 5.26 Å². The summed E-state index contributed by atoms with van der Waals surface area (Å²) in [6, 6.07) is 0. The Kier molecular flexibility index (Phi) is 2.26. The Morgan fingerprint density at radius 1 is 1.33 bits per heavy atom. The minimum atomic E-state index is -5.15. The van der Waals surface area contributed by atoms with E-state index in [-0.39, 0.29) is 0 Å². The average Bonchev–Trinajstić information content (AvgIpc) is 1.62. The van der Waals surface area contributed by atoms with Crippen molar-refractivity contribution in [3.05, 3.63) is 0 Å². The summed E-state index contributed by atoms with van der Waals surface area (Å²) < 4.78 is 34.9. The standard InChI is InChI=1S/C2F3O4/c3-2(4,5)8-1(6)9-7. The summed E-state index contributed by atoms with van der Waals surface area (Å²) in [5.41, 5.74) is 0. The monoisotopic (exact) mass is 145 g/mol. The van der Waals surface area contributed by atoms with Crippen molar-refractivity contribution in [1.82, 2.24) is 0 Å². The third-order valence-electron chi connectivity index (χ3n) is 0.267. The molecule has 7 heteroatoms. The van der Waals surface area contributed by atoms with Gasteiger partial charge in [0.15, 0.2) is 0 Å². The lowest BCUT2D eigenvalue weighted by atomic mass is 11.2. The molecule has 0 aliphatic carbocycles. The van der Waals surface area contributed by atoms with Crippen molar-refractivity contribution >= 4 is 6.16 Å². The lowest BCUT2D eigenvalue weighted by Crippen LogP contribution is -2.18. The van der Waals surface area contributed by atoms with Crippen LogP contribution in [0.4, 0.5) is 18.0 Å². The zero-order valence-corrected chi connectivity index (χ0v) is 3.77. The highest BCUT2D eigenvalue weighted by atomic mass is 19.4. The molecule has 0 spiro atoms. The highest BCUT2D eigenvalue weighted by molar-refractivity contribution is 5.58. The van der Waals surface area contributed by atoms with E-state index < -0.39 is 12.5 Å². The molecule has 0 bridgehead atoms. The van der Waals surface area contributed by atoms with Crippen LogP contribution in [0.2, 0.25) is 0 Å².